The molecule has 0 aliphatic carbocycles. The highest BCUT2D eigenvalue weighted by Gasteiger charge is 2.04. The lowest BCUT2D eigenvalue weighted by atomic mass is 10.2. The Kier molecular flexibility index (Phi) is 7.17. The second-order valence-electron chi connectivity index (χ2n) is 3.13. The molecule has 0 spiro atoms. The van der Waals surface area contributed by atoms with Crippen molar-refractivity contribution in [1.82, 2.24) is 5.32 Å². The van der Waals surface area contributed by atoms with Crippen LogP contribution >= 0.6 is 15.9 Å². The molecule has 0 bridgehead atoms. The number of unbranched alkanes of at least 4 members (excludes halogenated alkanes) is 1. The first kappa shape index (κ1) is 13.9. The number of hydrogen-bond donors (Lipinski definition) is 1. The molecule has 0 aromatic rings. The number of rotatable bonds is 7. The molecule has 0 fully saturated rings. The fourth-order valence-electron chi connectivity index (χ4n) is 0.844. The van der Waals surface area contributed by atoms with E-state index in [2.05, 4.69) is 21.2 Å². The maximum absolute atomic E-state index is 11.1. The van der Waals surface area contributed by atoms with Crippen LogP contribution in [0.15, 0.2) is 0 Å². The highest BCUT2D eigenvalue weighted by atomic mass is 79.9. The summed E-state index contributed by atoms with van der Waals surface area (Å²) < 4.78 is 21.4. The molecule has 84 valence electrons. The summed E-state index contributed by atoms with van der Waals surface area (Å²) in [5, 5.41) is 3.46. The lowest BCUT2D eigenvalue weighted by Gasteiger charge is -2.03. The number of alkyl halides is 1. The molecule has 0 atom stereocenters. The highest BCUT2D eigenvalue weighted by Crippen LogP contribution is 1.97. The molecular formula is C8H16BrNO3S. The maximum Gasteiger partial charge on any atom is 0.220 e. The van der Waals surface area contributed by atoms with Gasteiger partial charge in [0.1, 0.15) is 9.84 Å². The molecule has 0 aromatic heterocycles. The van der Waals surface area contributed by atoms with E-state index >= 15 is 0 Å². The molecule has 0 saturated heterocycles. The van der Waals surface area contributed by atoms with Crippen molar-refractivity contribution in [3.05, 3.63) is 0 Å². The summed E-state index contributed by atoms with van der Waals surface area (Å²) in [4.78, 5) is 11.1. The van der Waals surface area contributed by atoms with Crippen molar-refractivity contribution in [3.63, 3.8) is 0 Å². The predicted octanol–water partition coefficient (Wildman–Crippen LogP) is 0.712. The van der Waals surface area contributed by atoms with Gasteiger partial charge in [-0.05, 0) is 12.8 Å². The van der Waals surface area contributed by atoms with Gasteiger partial charge in [-0.1, -0.05) is 15.9 Å². The SMILES string of the molecule is CS(=O)(=O)CCNC(=O)CCCCBr. The topological polar surface area (TPSA) is 63.2 Å². The van der Waals surface area contributed by atoms with E-state index in [0.29, 0.717) is 6.42 Å². The average Bonchev–Trinajstić information content (AvgIpc) is 2.02. The van der Waals surface area contributed by atoms with Crippen molar-refractivity contribution < 1.29 is 13.2 Å². The van der Waals surface area contributed by atoms with Crippen LogP contribution in [0.25, 0.3) is 0 Å². The third-order valence-corrected chi connectivity index (χ3v) is 3.09. The molecule has 0 radical (unpaired) electrons. The zero-order valence-corrected chi connectivity index (χ0v) is 10.7. The van der Waals surface area contributed by atoms with Crippen LogP contribution in [0.1, 0.15) is 19.3 Å². The van der Waals surface area contributed by atoms with Gasteiger partial charge in [-0.2, -0.15) is 0 Å². The third-order valence-electron chi connectivity index (χ3n) is 1.58. The fraction of sp³-hybridized carbons (Fsp3) is 0.875. The monoisotopic (exact) mass is 285 g/mol. The first-order valence-electron chi connectivity index (χ1n) is 4.46. The van der Waals surface area contributed by atoms with Crippen LogP contribution < -0.4 is 5.32 Å². The van der Waals surface area contributed by atoms with Gasteiger partial charge in [0.25, 0.3) is 0 Å². The van der Waals surface area contributed by atoms with Gasteiger partial charge < -0.3 is 5.32 Å². The molecule has 6 heteroatoms. The number of nitrogens with one attached hydrogen (secondary N) is 1. The second-order valence-corrected chi connectivity index (χ2v) is 6.18. The Hall–Kier alpha value is -0.100. The van der Waals surface area contributed by atoms with Crippen molar-refractivity contribution >= 4 is 31.7 Å². The predicted molar refractivity (Wildman–Crippen MR) is 60.4 cm³/mol. The Labute approximate surface area is 93.5 Å². The molecule has 14 heavy (non-hydrogen) atoms. The van der Waals surface area contributed by atoms with Gasteiger partial charge in [-0.3, -0.25) is 4.79 Å². The van der Waals surface area contributed by atoms with Crippen LogP contribution in [-0.4, -0.2) is 38.2 Å². The number of carbonyl (C=O) groups is 1. The van der Waals surface area contributed by atoms with E-state index < -0.39 is 9.84 Å². The van der Waals surface area contributed by atoms with Crippen LogP contribution in [0.5, 0.6) is 0 Å². The minimum atomic E-state index is -2.97. The van der Waals surface area contributed by atoms with Gasteiger partial charge >= 0.3 is 0 Å². The lowest BCUT2D eigenvalue weighted by Crippen LogP contribution is -2.28. The Morgan fingerprint density at radius 3 is 2.50 bits per heavy atom. The molecule has 0 saturated carbocycles. The molecule has 1 N–H and O–H groups in total. The van der Waals surface area contributed by atoms with Gasteiger partial charge in [-0.15, -0.1) is 0 Å². The summed E-state index contributed by atoms with van der Waals surface area (Å²) in [6, 6.07) is 0. The molecule has 0 heterocycles. The van der Waals surface area contributed by atoms with E-state index in [0.717, 1.165) is 24.4 Å². The lowest BCUT2D eigenvalue weighted by molar-refractivity contribution is -0.121. The minimum absolute atomic E-state index is 0.0111. The summed E-state index contributed by atoms with van der Waals surface area (Å²) in [7, 11) is -2.97. The van der Waals surface area contributed by atoms with Crippen LogP contribution in [0.2, 0.25) is 0 Å². The summed E-state index contributed by atoms with van der Waals surface area (Å²) >= 11 is 3.27. The second kappa shape index (κ2) is 7.23. The van der Waals surface area contributed by atoms with Gasteiger partial charge in [0, 0.05) is 24.6 Å². The smallest absolute Gasteiger partial charge is 0.220 e. The zero-order valence-electron chi connectivity index (χ0n) is 8.25. The van der Waals surface area contributed by atoms with Crippen molar-refractivity contribution in [2.24, 2.45) is 0 Å². The van der Waals surface area contributed by atoms with Crippen LogP contribution in [-0.2, 0) is 14.6 Å². The molecule has 4 nitrogen and oxygen atoms in total. The highest BCUT2D eigenvalue weighted by molar-refractivity contribution is 9.09. The normalized spacial score (nSPS) is 11.3. The van der Waals surface area contributed by atoms with E-state index in [1.807, 2.05) is 0 Å². The quantitative estimate of drug-likeness (QED) is 0.554. The van der Waals surface area contributed by atoms with Crippen molar-refractivity contribution in [1.29, 1.82) is 0 Å². The largest absolute Gasteiger partial charge is 0.355 e. The van der Waals surface area contributed by atoms with E-state index in [-0.39, 0.29) is 18.2 Å². The van der Waals surface area contributed by atoms with Crippen molar-refractivity contribution in [2.45, 2.75) is 19.3 Å². The number of halogens is 1. The molecule has 0 unspecified atom stereocenters. The standard InChI is InChI=1S/C8H16BrNO3S/c1-14(12,13)7-6-10-8(11)4-2-3-5-9/h2-7H2,1H3,(H,10,11). The number of amides is 1. The Bertz CT molecular complexity index is 264. The number of sulfone groups is 1. The molecule has 1 amide bonds. The Balaban J connectivity index is 3.45. The average molecular weight is 286 g/mol. The fourth-order valence-corrected chi connectivity index (χ4v) is 1.71. The summed E-state index contributed by atoms with van der Waals surface area (Å²) in [5.41, 5.74) is 0. The number of carbonyl (C=O) groups excluding carboxylic acids is 1. The van der Waals surface area contributed by atoms with E-state index in [1.54, 1.807) is 0 Å². The van der Waals surface area contributed by atoms with E-state index in [1.165, 1.54) is 0 Å². The van der Waals surface area contributed by atoms with Gasteiger partial charge in [0.15, 0.2) is 0 Å². The van der Waals surface area contributed by atoms with Crippen molar-refractivity contribution in [2.75, 3.05) is 23.9 Å². The van der Waals surface area contributed by atoms with Crippen LogP contribution in [0.4, 0.5) is 0 Å². The van der Waals surface area contributed by atoms with Gasteiger partial charge in [-0.25, -0.2) is 8.42 Å². The summed E-state index contributed by atoms with van der Waals surface area (Å²) in [5.74, 6) is -0.0633. The zero-order chi connectivity index (χ0) is 11.0. The van der Waals surface area contributed by atoms with Gasteiger partial charge in [0.05, 0.1) is 5.75 Å². The molecule has 0 rings (SSSR count). The summed E-state index contributed by atoms with van der Waals surface area (Å²) in [6.45, 7) is 0.214. The summed E-state index contributed by atoms with van der Waals surface area (Å²) in [6.07, 6.45) is 3.41. The third kappa shape index (κ3) is 9.98. The number of hydrogen-bond acceptors (Lipinski definition) is 3. The van der Waals surface area contributed by atoms with E-state index in [4.69, 9.17) is 0 Å². The Morgan fingerprint density at radius 1 is 1.36 bits per heavy atom. The first-order valence-corrected chi connectivity index (χ1v) is 7.64. The maximum atomic E-state index is 11.1. The van der Waals surface area contributed by atoms with Crippen molar-refractivity contribution in [3.8, 4) is 0 Å². The first-order chi connectivity index (χ1) is 6.45. The van der Waals surface area contributed by atoms with Gasteiger partial charge in [0.2, 0.25) is 5.91 Å². The van der Waals surface area contributed by atoms with E-state index in [9.17, 15) is 13.2 Å². The molecular weight excluding hydrogens is 270 g/mol. The molecule has 0 aliphatic rings. The molecule has 0 aliphatic heterocycles. The van der Waals surface area contributed by atoms with Crippen LogP contribution in [0, 0.1) is 0 Å². The minimum Gasteiger partial charge on any atom is -0.355 e. The van der Waals surface area contributed by atoms with Crippen LogP contribution in [0.3, 0.4) is 0 Å². The molecule has 0 aromatic carbocycles. The Morgan fingerprint density at radius 2 is 2.00 bits per heavy atom.